The van der Waals surface area contributed by atoms with E-state index >= 15 is 0 Å². The fraction of sp³-hybridized carbons (Fsp3) is 0.176. The van der Waals surface area contributed by atoms with Gasteiger partial charge in [0.15, 0.2) is 11.6 Å². The van der Waals surface area contributed by atoms with E-state index in [9.17, 15) is 14.0 Å². The van der Waals surface area contributed by atoms with Crippen LogP contribution in [0, 0.1) is 5.82 Å². The van der Waals surface area contributed by atoms with Crippen molar-refractivity contribution >= 4 is 27.7 Å². The Balaban J connectivity index is 1.82. The van der Waals surface area contributed by atoms with E-state index in [4.69, 9.17) is 4.74 Å². The monoisotopic (exact) mass is 394 g/mol. The van der Waals surface area contributed by atoms with Crippen LogP contribution in [-0.2, 0) is 11.2 Å². The van der Waals surface area contributed by atoms with Gasteiger partial charge in [0.1, 0.15) is 0 Å². The maximum absolute atomic E-state index is 13.6. The van der Waals surface area contributed by atoms with Crippen LogP contribution in [0.25, 0.3) is 0 Å². The Labute approximate surface area is 147 Å². The standard InChI is InChI=1S/C17H16BrFN2O3/c1-24-15-8-6-11(10-14(15)19)7-9-16(22)20-21-17(23)12-4-2-3-5-13(12)18/h2-6,8,10H,7,9H2,1H3,(H,20,22)(H,21,23). The molecule has 2 rings (SSSR count). The number of halogens is 2. The summed E-state index contributed by atoms with van der Waals surface area (Å²) in [6, 6.07) is 11.4. The van der Waals surface area contributed by atoms with Crippen molar-refractivity contribution in [2.75, 3.05) is 7.11 Å². The number of hydrogen-bond acceptors (Lipinski definition) is 3. The molecule has 0 saturated heterocycles. The van der Waals surface area contributed by atoms with E-state index in [-0.39, 0.29) is 18.1 Å². The number of hydrazine groups is 1. The summed E-state index contributed by atoms with van der Waals surface area (Å²) in [6.45, 7) is 0. The average molecular weight is 395 g/mol. The van der Waals surface area contributed by atoms with Gasteiger partial charge in [-0.05, 0) is 52.2 Å². The molecule has 0 bridgehead atoms. The third-order valence-electron chi connectivity index (χ3n) is 3.29. The molecular weight excluding hydrogens is 379 g/mol. The minimum Gasteiger partial charge on any atom is -0.494 e. The molecule has 2 aromatic carbocycles. The number of ether oxygens (including phenoxy) is 1. The fourth-order valence-corrected chi connectivity index (χ4v) is 2.49. The molecule has 0 aliphatic carbocycles. The molecule has 0 aliphatic rings. The molecule has 126 valence electrons. The summed E-state index contributed by atoms with van der Waals surface area (Å²) in [5, 5.41) is 0. The topological polar surface area (TPSA) is 67.4 Å². The Bertz CT molecular complexity index is 752. The van der Waals surface area contributed by atoms with Crippen molar-refractivity contribution < 1.29 is 18.7 Å². The molecule has 2 amide bonds. The summed E-state index contributed by atoms with van der Waals surface area (Å²) in [5.74, 6) is -1.11. The van der Waals surface area contributed by atoms with Crippen molar-refractivity contribution in [3.8, 4) is 5.75 Å². The van der Waals surface area contributed by atoms with Gasteiger partial charge < -0.3 is 4.74 Å². The molecule has 2 aromatic rings. The molecule has 24 heavy (non-hydrogen) atoms. The maximum atomic E-state index is 13.6. The molecule has 0 aliphatic heterocycles. The van der Waals surface area contributed by atoms with Gasteiger partial charge in [-0.25, -0.2) is 4.39 Å². The van der Waals surface area contributed by atoms with E-state index in [0.29, 0.717) is 22.0 Å². The second-order valence-electron chi connectivity index (χ2n) is 4.95. The molecule has 0 atom stereocenters. The summed E-state index contributed by atoms with van der Waals surface area (Å²) < 4.78 is 19.0. The van der Waals surface area contributed by atoms with Gasteiger partial charge in [0.25, 0.3) is 5.91 Å². The van der Waals surface area contributed by atoms with Crippen LogP contribution in [0.3, 0.4) is 0 Å². The van der Waals surface area contributed by atoms with Gasteiger partial charge in [-0.15, -0.1) is 0 Å². The molecule has 7 heteroatoms. The third-order valence-corrected chi connectivity index (χ3v) is 3.98. The van der Waals surface area contributed by atoms with Gasteiger partial charge in [0.05, 0.1) is 12.7 Å². The van der Waals surface area contributed by atoms with Crippen molar-refractivity contribution in [1.82, 2.24) is 10.9 Å². The highest BCUT2D eigenvalue weighted by atomic mass is 79.9. The van der Waals surface area contributed by atoms with Crippen LogP contribution in [-0.4, -0.2) is 18.9 Å². The molecular formula is C17H16BrFN2O3. The van der Waals surface area contributed by atoms with E-state index in [2.05, 4.69) is 26.8 Å². The molecule has 0 unspecified atom stereocenters. The van der Waals surface area contributed by atoms with E-state index in [1.165, 1.54) is 19.2 Å². The second-order valence-corrected chi connectivity index (χ2v) is 5.81. The number of aryl methyl sites for hydroxylation is 1. The summed E-state index contributed by atoms with van der Waals surface area (Å²) in [4.78, 5) is 23.7. The lowest BCUT2D eigenvalue weighted by Gasteiger charge is -2.09. The average Bonchev–Trinajstić information content (AvgIpc) is 2.58. The lowest BCUT2D eigenvalue weighted by atomic mass is 10.1. The molecule has 0 aromatic heterocycles. The zero-order valence-corrected chi connectivity index (χ0v) is 14.5. The predicted molar refractivity (Wildman–Crippen MR) is 91.0 cm³/mol. The van der Waals surface area contributed by atoms with Gasteiger partial charge >= 0.3 is 0 Å². The summed E-state index contributed by atoms with van der Waals surface area (Å²) in [7, 11) is 1.39. The van der Waals surface area contributed by atoms with E-state index in [1.807, 2.05) is 0 Å². The molecule has 0 spiro atoms. The molecule has 5 nitrogen and oxygen atoms in total. The number of methoxy groups -OCH3 is 1. The molecule has 2 N–H and O–H groups in total. The van der Waals surface area contributed by atoms with Crippen LogP contribution >= 0.6 is 15.9 Å². The molecule has 0 saturated carbocycles. The zero-order chi connectivity index (χ0) is 17.5. The van der Waals surface area contributed by atoms with Crippen LogP contribution in [0.15, 0.2) is 46.9 Å². The van der Waals surface area contributed by atoms with Gasteiger partial charge in [0.2, 0.25) is 5.91 Å². The van der Waals surface area contributed by atoms with Gasteiger partial charge in [-0.3, -0.25) is 20.4 Å². The Hall–Kier alpha value is -2.41. The number of nitrogens with one attached hydrogen (secondary N) is 2. The lowest BCUT2D eigenvalue weighted by molar-refractivity contribution is -0.121. The number of carbonyl (C=O) groups is 2. The molecule has 0 radical (unpaired) electrons. The SMILES string of the molecule is COc1ccc(CCC(=O)NNC(=O)c2ccccc2Br)cc1F. The first-order valence-electron chi connectivity index (χ1n) is 7.17. The van der Waals surface area contributed by atoms with Gasteiger partial charge in [-0.1, -0.05) is 18.2 Å². The first-order valence-corrected chi connectivity index (χ1v) is 7.96. The fourth-order valence-electron chi connectivity index (χ4n) is 2.02. The number of rotatable bonds is 5. The van der Waals surface area contributed by atoms with Crippen molar-refractivity contribution in [1.29, 1.82) is 0 Å². The number of benzene rings is 2. The van der Waals surface area contributed by atoms with Gasteiger partial charge in [-0.2, -0.15) is 0 Å². The van der Waals surface area contributed by atoms with Crippen molar-refractivity contribution in [2.45, 2.75) is 12.8 Å². The minimum atomic E-state index is -0.474. The van der Waals surface area contributed by atoms with Crippen LogP contribution in [0.2, 0.25) is 0 Å². The lowest BCUT2D eigenvalue weighted by Crippen LogP contribution is -2.41. The van der Waals surface area contributed by atoms with Crippen molar-refractivity contribution in [2.24, 2.45) is 0 Å². The van der Waals surface area contributed by atoms with Crippen LogP contribution in [0.5, 0.6) is 5.75 Å². The molecule has 0 fully saturated rings. The highest BCUT2D eigenvalue weighted by Crippen LogP contribution is 2.18. The number of carbonyl (C=O) groups excluding carboxylic acids is 2. The number of hydrogen-bond donors (Lipinski definition) is 2. The zero-order valence-electron chi connectivity index (χ0n) is 12.9. The van der Waals surface area contributed by atoms with Crippen LogP contribution < -0.4 is 15.6 Å². The normalized spacial score (nSPS) is 10.1. The van der Waals surface area contributed by atoms with E-state index in [0.717, 1.165) is 0 Å². The predicted octanol–water partition coefficient (Wildman–Crippen LogP) is 2.99. The highest BCUT2D eigenvalue weighted by molar-refractivity contribution is 9.10. The quantitative estimate of drug-likeness (QED) is 0.765. The first kappa shape index (κ1) is 17.9. The van der Waals surface area contributed by atoms with E-state index < -0.39 is 11.7 Å². The van der Waals surface area contributed by atoms with Crippen LogP contribution in [0.1, 0.15) is 22.3 Å². The smallest absolute Gasteiger partial charge is 0.270 e. The van der Waals surface area contributed by atoms with E-state index in [1.54, 1.807) is 30.3 Å². The Kier molecular flexibility index (Phi) is 6.31. The van der Waals surface area contributed by atoms with Crippen molar-refractivity contribution in [3.05, 3.63) is 63.9 Å². The summed E-state index contributed by atoms with van der Waals surface area (Å²) in [6.07, 6.45) is 0.458. The Morgan fingerprint density at radius 3 is 2.58 bits per heavy atom. The molecule has 0 heterocycles. The Morgan fingerprint density at radius 1 is 1.17 bits per heavy atom. The highest BCUT2D eigenvalue weighted by Gasteiger charge is 2.11. The van der Waals surface area contributed by atoms with Crippen LogP contribution in [0.4, 0.5) is 4.39 Å². The summed E-state index contributed by atoms with van der Waals surface area (Å²) >= 11 is 3.26. The summed E-state index contributed by atoms with van der Waals surface area (Å²) in [5.41, 5.74) is 5.76. The Morgan fingerprint density at radius 2 is 1.92 bits per heavy atom. The largest absolute Gasteiger partial charge is 0.494 e. The van der Waals surface area contributed by atoms with Gasteiger partial charge in [0, 0.05) is 10.9 Å². The second kappa shape index (κ2) is 8.44. The van der Waals surface area contributed by atoms with Crippen molar-refractivity contribution in [3.63, 3.8) is 0 Å². The third kappa shape index (κ3) is 4.79. The maximum Gasteiger partial charge on any atom is 0.270 e. The first-order chi connectivity index (χ1) is 11.5. The minimum absolute atomic E-state index is 0.113. The number of amides is 2.